The van der Waals surface area contributed by atoms with Crippen molar-refractivity contribution in [3.8, 4) is 28.6 Å². The van der Waals surface area contributed by atoms with Crippen LogP contribution in [-0.4, -0.2) is 32.8 Å². The zero-order valence-corrected chi connectivity index (χ0v) is 18.0. The molecule has 1 amide bonds. The molecule has 2 aliphatic carbocycles. The summed E-state index contributed by atoms with van der Waals surface area (Å²) in [6, 6.07) is 10.3. The number of rotatable bonds is 6. The number of carbonyl (C=O) groups is 1. The molecule has 2 atom stereocenters. The molecule has 32 heavy (non-hydrogen) atoms. The summed E-state index contributed by atoms with van der Waals surface area (Å²) in [5, 5.41) is 16.6. The van der Waals surface area contributed by atoms with Crippen molar-refractivity contribution >= 4 is 5.91 Å². The first-order valence-electron chi connectivity index (χ1n) is 11.1. The van der Waals surface area contributed by atoms with E-state index >= 15 is 0 Å². The smallest absolute Gasteiger partial charge is 0.251 e. The second kappa shape index (κ2) is 8.46. The van der Waals surface area contributed by atoms with E-state index in [9.17, 15) is 4.79 Å². The van der Waals surface area contributed by atoms with Crippen molar-refractivity contribution in [1.29, 1.82) is 5.26 Å². The average Bonchev–Trinajstić information content (AvgIpc) is 3.29. The van der Waals surface area contributed by atoms with Gasteiger partial charge in [-0.25, -0.2) is 4.68 Å². The summed E-state index contributed by atoms with van der Waals surface area (Å²) >= 11 is 0. The number of nitrogens with one attached hydrogen (secondary N) is 1. The van der Waals surface area contributed by atoms with Crippen molar-refractivity contribution < 1.29 is 9.53 Å². The summed E-state index contributed by atoms with van der Waals surface area (Å²) in [5.74, 6) is 0.731. The molecule has 3 aromatic rings. The third kappa shape index (κ3) is 4.35. The van der Waals surface area contributed by atoms with Crippen LogP contribution in [0.3, 0.4) is 0 Å². The lowest BCUT2D eigenvalue weighted by molar-refractivity contribution is 0.0951. The first kappa shape index (κ1) is 20.3. The van der Waals surface area contributed by atoms with Gasteiger partial charge in [-0.1, -0.05) is 6.07 Å². The molecule has 1 aromatic carbocycles. The lowest BCUT2D eigenvalue weighted by atomic mass is 10.0. The fourth-order valence-electron chi connectivity index (χ4n) is 4.13. The predicted octanol–water partition coefficient (Wildman–Crippen LogP) is 4.21. The van der Waals surface area contributed by atoms with Crippen molar-refractivity contribution in [2.45, 2.75) is 51.2 Å². The minimum Gasteiger partial charge on any atom is -0.489 e. The van der Waals surface area contributed by atoms with Gasteiger partial charge in [-0.05, 0) is 55.9 Å². The second-order valence-corrected chi connectivity index (χ2v) is 8.71. The summed E-state index contributed by atoms with van der Waals surface area (Å²) in [6.07, 6.45) is 11.9. The van der Waals surface area contributed by atoms with Gasteiger partial charge in [0.15, 0.2) is 0 Å². The average molecular weight is 428 g/mol. The molecule has 1 N–H and O–H groups in total. The Morgan fingerprint density at radius 2 is 2.06 bits per heavy atom. The third-order valence-electron chi connectivity index (χ3n) is 6.14. The van der Waals surface area contributed by atoms with E-state index in [4.69, 9.17) is 10.00 Å². The molecular formula is C25H25N5O2. The van der Waals surface area contributed by atoms with Gasteiger partial charge >= 0.3 is 0 Å². The minimum atomic E-state index is -0.0271. The third-order valence-corrected chi connectivity index (χ3v) is 6.14. The van der Waals surface area contributed by atoms with E-state index in [0.29, 0.717) is 17.4 Å². The molecule has 2 heterocycles. The molecule has 0 bridgehead atoms. The zero-order chi connectivity index (χ0) is 22.1. The fourth-order valence-corrected chi connectivity index (χ4v) is 4.13. The number of benzene rings is 1. The number of nitrogens with zero attached hydrogens (tertiary/aromatic N) is 4. The van der Waals surface area contributed by atoms with Crippen LogP contribution >= 0.6 is 0 Å². The largest absolute Gasteiger partial charge is 0.489 e. The fraction of sp³-hybridized carbons (Fsp3) is 0.360. The number of carbonyl (C=O) groups excluding carboxylic acids is 1. The van der Waals surface area contributed by atoms with E-state index in [2.05, 4.69) is 21.5 Å². The van der Waals surface area contributed by atoms with Crippen LogP contribution in [0.1, 0.15) is 48.0 Å². The van der Waals surface area contributed by atoms with Gasteiger partial charge in [0.25, 0.3) is 5.91 Å². The van der Waals surface area contributed by atoms with Crippen molar-refractivity contribution in [3.63, 3.8) is 0 Å². The van der Waals surface area contributed by atoms with Crippen LogP contribution in [0.2, 0.25) is 0 Å². The maximum absolute atomic E-state index is 12.5. The molecule has 2 saturated carbocycles. The van der Waals surface area contributed by atoms with Crippen LogP contribution in [0.15, 0.2) is 49.1 Å². The number of nitriles is 1. The van der Waals surface area contributed by atoms with Gasteiger partial charge in [0.1, 0.15) is 11.9 Å². The van der Waals surface area contributed by atoms with E-state index in [1.165, 1.54) is 0 Å². The van der Waals surface area contributed by atoms with Gasteiger partial charge in [-0.2, -0.15) is 10.4 Å². The first-order chi connectivity index (χ1) is 15.6. The Balaban J connectivity index is 1.35. The van der Waals surface area contributed by atoms with Crippen LogP contribution in [-0.2, 0) is 0 Å². The highest BCUT2D eigenvalue weighted by Crippen LogP contribution is 2.30. The van der Waals surface area contributed by atoms with Gasteiger partial charge < -0.3 is 10.1 Å². The Morgan fingerprint density at radius 1 is 1.19 bits per heavy atom. The molecule has 2 aromatic heterocycles. The lowest BCUT2D eigenvalue weighted by Crippen LogP contribution is -2.25. The molecule has 7 heteroatoms. The second-order valence-electron chi connectivity index (χ2n) is 8.71. The molecule has 0 spiro atoms. The van der Waals surface area contributed by atoms with Gasteiger partial charge in [-0.15, -0.1) is 0 Å². The number of amides is 1. The Morgan fingerprint density at radius 3 is 2.84 bits per heavy atom. The SMILES string of the molecule is Cc1ccc(C(=O)NC2CC2)cc1-c1cnn(-c2cncc(OC3CCC(C#N)C3)c2)c1. The molecule has 2 aliphatic rings. The Labute approximate surface area is 187 Å². The van der Waals surface area contributed by atoms with Gasteiger partial charge in [0, 0.05) is 41.8 Å². The van der Waals surface area contributed by atoms with E-state index in [0.717, 1.165) is 54.5 Å². The molecule has 162 valence electrons. The molecule has 2 unspecified atom stereocenters. The maximum Gasteiger partial charge on any atom is 0.251 e. The van der Waals surface area contributed by atoms with Crippen molar-refractivity contribution in [1.82, 2.24) is 20.1 Å². The summed E-state index contributed by atoms with van der Waals surface area (Å²) in [4.78, 5) is 16.8. The highest BCUT2D eigenvalue weighted by molar-refractivity contribution is 5.96. The van der Waals surface area contributed by atoms with Crippen molar-refractivity contribution in [3.05, 3.63) is 60.2 Å². The lowest BCUT2D eigenvalue weighted by Gasteiger charge is -2.13. The van der Waals surface area contributed by atoms with Gasteiger partial charge in [-0.3, -0.25) is 9.78 Å². The van der Waals surface area contributed by atoms with E-state index in [1.54, 1.807) is 23.3 Å². The zero-order valence-electron chi connectivity index (χ0n) is 18.0. The highest BCUT2D eigenvalue weighted by atomic mass is 16.5. The Hall–Kier alpha value is -3.66. The molecule has 2 fully saturated rings. The van der Waals surface area contributed by atoms with E-state index in [1.807, 2.05) is 37.4 Å². The predicted molar refractivity (Wildman–Crippen MR) is 119 cm³/mol. The number of hydrogen-bond donors (Lipinski definition) is 1. The molecule has 7 nitrogen and oxygen atoms in total. The summed E-state index contributed by atoms with van der Waals surface area (Å²) in [6.45, 7) is 2.03. The van der Waals surface area contributed by atoms with Crippen molar-refractivity contribution in [2.24, 2.45) is 5.92 Å². The molecule has 0 saturated heterocycles. The molecule has 0 radical (unpaired) electrons. The number of ether oxygens (including phenoxy) is 1. The maximum atomic E-state index is 12.5. The number of aryl methyl sites for hydroxylation is 1. The minimum absolute atomic E-state index is 0.0271. The summed E-state index contributed by atoms with van der Waals surface area (Å²) in [5.41, 5.74) is 4.45. The number of pyridine rings is 1. The van der Waals surface area contributed by atoms with Gasteiger partial charge in [0.2, 0.25) is 0 Å². The molecular weight excluding hydrogens is 402 g/mol. The van der Waals surface area contributed by atoms with Crippen LogP contribution in [0.4, 0.5) is 0 Å². The van der Waals surface area contributed by atoms with E-state index < -0.39 is 0 Å². The topological polar surface area (TPSA) is 92.8 Å². The molecule has 5 rings (SSSR count). The molecule has 0 aliphatic heterocycles. The highest BCUT2D eigenvalue weighted by Gasteiger charge is 2.26. The van der Waals surface area contributed by atoms with E-state index in [-0.39, 0.29) is 17.9 Å². The standard InChI is InChI=1S/C25H25N5O2/c1-16-2-4-18(25(31)29-20-5-6-20)9-24(16)19-12-28-30(15-19)21-10-23(14-27-13-21)32-22-7-3-17(8-22)11-26/h2,4,9-10,12-15,17,20,22H,3,5-8H2,1H3,(H,29,31). The quantitative estimate of drug-likeness (QED) is 0.636. The van der Waals surface area contributed by atoms with Crippen LogP contribution < -0.4 is 10.1 Å². The number of hydrogen-bond acceptors (Lipinski definition) is 5. The number of aromatic nitrogens is 3. The normalized spacial score (nSPS) is 20.0. The first-order valence-corrected chi connectivity index (χ1v) is 11.1. The Bertz CT molecular complexity index is 1190. The summed E-state index contributed by atoms with van der Waals surface area (Å²) < 4.78 is 7.82. The van der Waals surface area contributed by atoms with Gasteiger partial charge in [0.05, 0.1) is 30.3 Å². The van der Waals surface area contributed by atoms with Crippen LogP contribution in [0.5, 0.6) is 5.75 Å². The van der Waals surface area contributed by atoms with Crippen LogP contribution in [0.25, 0.3) is 16.8 Å². The van der Waals surface area contributed by atoms with Crippen LogP contribution in [0, 0.1) is 24.2 Å². The monoisotopic (exact) mass is 427 g/mol. The summed E-state index contributed by atoms with van der Waals surface area (Å²) in [7, 11) is 0. The Kier molecular flexibility index (Phi) is 5.36. The van der Waals surface area contributed by atoms with Crippen molar-refractivity contribution in [2.75, 3.05) is 0 Å².